The second-order valence-electron chi connectivity index (χ2n) is 15.5. The molecule has 0 aromatic heterocycles. The van der Waals surface area contributed by atoms with Crippen molar-refractivity contribution < 1.29 is 32.4 Å². The largest absolute Gasteiger partial charge is 0.346 e. The fourth-order valence-corrected chi connectivity index (χ4v) is 9.36. The van der Waals surface area contributed by atoms with Gasteiger partial charge in [-0.2, -0.15) is 0 Å². The molecule has 3 aliphatic carbocycles. The first kappa shape index (κ1) is 36.4. The molecular weight excluding hydrogens is 622 g/mol. The van der Waals surface area contributed by atoms with Gasteiger partial charge in [0.25, 0.3) is 5.91 Å². The van der Waals surface area contributed by atoms with Gasteiger partial charge in [0.1, 0.15) is 11.6 Å². The Morgan fingerprint density at radius 3 is 2.26 bits per heavy atom. The van der Waals surface area contributed by atoms with Gasteiger partial charge in [0.05, 0.1) is 16.5 Å². The van der Waals surface area contributed by atoms with Crippen LogP contribution < -0.4 is 21.3 Å². The number of amides is 5. The standard InChI is InChI=1S/C34H51N5O7S/c1-9-11-14-22(24(40)26(41)35-17-10-2)37-28(43)34-21-33(34)23(31(33,6)7)20-39(34)27(42)25(32(8)15-12-13-16-32)38-29(44)36-18-19-47(45,46)30(3,4)5/h1,10,22-23,25H,2,11-21H2,3-8H3,(H,35,41)(H,37,43)(H2,36,38,44)/t22?,23?,25-,33?,34?/m1/s1. The Hall–Kier alpha value is -3.40. The first-order valence-electron chi connectivity index (χ1n) is 16.5. The number of sulfone groups is 1. The molecule has 4 N–H and O–H groups in total. The van der Waals surface area contributed by atoms with E-state index in [-0.39, 0.29) is 48.9 Å². The van der Waals surface area contributed by atoms with Crippen molar-refractivity contribution in [3.8, 4) is 12.3 Å². The number of rotatable bonds is 14. The molecule has 4 fully saturated rings. The Labute approximate surface area is 278 Å². The number of hydrogen-bond donors (Lipinski definition) is 4. The molecule has 0 aromatic carbocycles. The van der Waals surface area contributed by atoms with Crippen molar-refractivity contribution in [3.63, 3.8) is 0 Å². The molecule has 1 aliphatic heterocycles. The molecule has 1 heterocycles. The topological polar surface area (TPSA) is 171 Å². The Balaban J connectivity index is 1.58. The molecule has 3 saturated carbocycles. The number of Topliss-reactive ketones (excluding diaryl/α,β-unsaturated/α-hetero) is 1. The zero-order valence-corrected chi connectivity index (χ0v) is 29.4. The summed E-state index contributed by atoms with van der Waals surface area (Å²) in [6.07, 6.45) is 10.7. The zero-order valence-electron chi connectivity index (χ0n) is 28.6. The predicted molar refractivity (Wildman–Crippen MR) is 177 cm³/mol. The van der Waals surface area contributed by atoms with Crippen LogP contribution in [0.5, 0.6) is 0 Å². The summed E-state index contributed by atoms with van der Waals surface area (Å²) in [6, 6.07) is -2.79. The lowest BCUT2D eigenvalue weighted by molar-refractivity contribution is -0.147. The minimum Gasteiger partial charge on any atom is -0.346 e. The monoisotopic (exact) mass is 673 g/mol. The van der Waals surface area contributed by atoms with Gasteiger partial charge in [0.15, 0.2) is 9.84 Å². The third-order valence-corrected chi connectivity index (χ3v) is 14.1. The summed E-state index contributed by atoms with van der Waals surface area (Å²) in [7, 11) is -3.47. The maximum absolute atomic E-state index is 14.6. The van der Waals surface area contributed by atoms with Gasteiger partial charge in [-0.1, -0.05) is 39.7 Å². The van der Waals surface area contributed by atoms with Crippen molar-refractivity contribution in [2.24, 2.45) is 22.2 Å². The molecule has 12 nitrogen and oxygen atoms in total. The van der Waals surface area contributed by atoms with E-state index in [9.17, 15) is 32.4 Å². The highest BCUT2D eigenvalue weighted by Gasteiger charge is 2.98. The summed E-state index contributed by atoms with van der Waals surface area (Å²) in [5, 5.41) is 10.7. The predicted octanol–water partition coefficient (Wildman–Crippen LogP) is 1.84. The van der Waals surface area contributed by atoms with E-state index in [1.54, 1.807) is 25.7 Å². The van der Waals surface area contributed by atoms with Crippen molar-refractivity contribution in [2.45, 2.75) is 109 Å². The van der Waals surface area contributed by atoms with Gasteiger partial charge in [-0.3, -0.25) is 19.2 Å². The number of carbonyl (C=O) groups is 5. The van der Waals surface area contributed by atoms with Crippen LogP contribution in [0.3, 0.4) is 0 Å². The van der Waals surface area contributed by atoms with E-state index in [1.807, 2.05) is 6.92 Å². The Morgan fingerprint density at radius 2 is 1.70 bits per heavy atom. The van der Waals surface area contributed by atoms with Crippen molar-refractivity contribution in [2.75, 3.05) is 25.4 Å². The van der Waals surface area contributed by atoms with Crippen LogP contribution in [0, 0.1) is 34.5 Å². The van der Waals surface area contributed by atoms with E-state index >= 15 is 0 Å². The average Bonchev–Trinajstić information content (AvgIpc) is 3.62. The van der Waals surface area contributed by atoms with Crippen LogP contribution in [0.2, 0.25) is 0 Å². The third kappa shape index (κ3) is 6.07. The highest BCUT2D eigenvalue weighted by Crippen LogP contribution is 2.91. The lowest BCUT2D eigenvalue weighted by Gasteiger charge is -2.40. The number of carbonyl (C=O) groups excluding carboxylic acids is 5. The summed E-state index contributed by atoms with van der Waals surface area (Å²) in [6.45, 7) is 14.7. The van der Waals surface area contributed by atoms with Gasteiger partial charge in [0, 0.05) is 31.5 Å². The molecule has 47 heavy (non-hydrogen) atoms. The van der Waals surface area contributed by atoms with Crippen LogP contribution in [0.4, 0.5) is 4.79 Å². The van der Waals surface area contributed by atoms with Gasteiger partial charge in [0.2, 0.25) is 17.6 Å². The molecule has 4 rings (SSSR count). The van der Waals surface area contributed by atoms with E-state index < -0.39 is 66.7 Å². The minimum absolute atomic E-state index is 0.0499. The number of nitrogens with one attached hydrogen (secondary N) is 4. The molecular formula is C34H51N5O7S. The Bertz CT molecular complexity index is 1490. The van der Waals surface area contributed by atoms with Crippen LogP contribution >= 0.6 is 0 Å². The minimum atomic E-state index is -3.47. The maximum atomic E-state index is 14.6. The Morgan fingerprint density at radius 1 is 1.06 bits per heavy atom. The van der Waals surface area contributed by atoms with Crippen LogP contribution in [0.15, 0.2) is 12.7 Å². The molecule has 0 bridgehead atoms. The fraction of sp³-hybridized carbons (Fsp3) is 0.735. The summed E-state index contributed by atoms with van der Waals surface area (Å²) < 4.78 is 24.1. The van der Waals surface area contributed by atoms with E-state index in [4.69, 9.17) is 6.42 Å². The van der Waals surface area contributed by atoms with E-state index in [0.717, 1.165) is 12.8 Å². The van der Waals surface area contributed by atoms with E-state index in [2.05, 4.69) is 47.6 Å². The van der Waals surface area contributed by atoms with Gasteiger partial charge in [-0.25, -0.2) is 13.2 Å². The number of terminal acetylenes is 1. The van der Waals surface area contributed by atoms with Crippen LogP contribution in [0.25, 0.3) is 0 Å². The van der Waals surface area contributed by atoms with Gasteiger partial charge >= 0.3 is 6.03 Å². The van der Waals surface area contributed by atoms with Crippen molar-refractivity contribution in [3.05, 3.63) is 12.7 Å². The molecule has 1 saturated heterocycles. The van der Waals surface area contributed by atoms with Gasteiger partial charge < -0.3 is 26.2 Å². The smallest absolute Gasteiger partial charge is 0.315 e. The van der Waals surface area contributed by atoms with Crippen molar-refractivity contribution in [1.29, 1.82) is 0 Å². The molecule has 0 radical (unpaired) electrons. The quantitative estimate of drug-likeness (QED) is 0.124. The summed E-state index contributed by atoms with van der Waals surface area (Å²) >= 11 is 0. The third-order valence-electron chi connectivity index (χ3n) is 11.5. The number of likely N-dealkylation sites (tertiary alicyclic amines) is 1. The van der Waals surface area contributed by atoms with Crippen LogP contribution in [-0.4, -0.2) is 90.6 Å². The molecule has 13 heteroatoms. The first-order valence-corrected chi connectivity index (χ1v) is 18.2. The summed E-state index contributed by atoms with van der Waals surface area (Å²) in [5.74, 6) is -0.312. The normalized spacial score (nSPS) is 27.6. The second kappa shape index (κ2) is 12.6. The first-order chi connectivity index (χ1) is 21.8. The van der Waals surface area contributed by atoms with Crippen molar-refractivity contribution in [1.82, 2.24) is 26.2 Å². The van der Waals surface area contributed by atoms with Gasteiger partial charge in [-0.15, -0.1) is 18.9 Å². The lowest BCUT2D eigenvalue weighted by atomic mass is 9.79. The molecule has 1 spiro atoms. The SMILES string of the molecule is C#CCCC(NC(=O)C12CC13C(CN2C(=O)[C@@H](NC(=O)NCCS(=O)(=O)C(C)(C)C)C1(C)CCCC1)C3(C)C)C(=O)C(=O)NCC=C. The average molecular weight is 674 g/mol. The lowest BCUT2D eigenvalue weighted by Crippen LogP contribution is -2.63. The number of nitrogens with zero attached hydrogens (tertiary/aromatic N) is 1. The summed E-state index contributed by atoms with van der Waals surface area (Å²) in [4.78, 5) is 69.3. The molecule has 4 aliphatic rings. The fourth-order valence-electron chi connectivity index (χ4n) is 8.37. The van der Waals surface area contributed by atoms with Crippen molar-refractivity contribution >= 4 is 39.4 Å². The molecule has 4 unspecified atom stereocenters. The molecule has 0 aromatic rings. The zero-order chi connectivity index (χ0) is 35.2. The van der Waals surface area contributed by atoms with Crippen LogP contribution in [-0.2, 0) is 29.0 Å². The highest BCUT2D eigenvalue weighted by molar-refractivity contribution is 7.92. The van der Waals surface area contributed by atoms with E-state index in [1.165, 1.54) is 6.08 Å². The maximum Gasteiger partial charge on any atom is 0.315 e. The molecule has 5 amide bonds. The van der Waals surface area contributed by atoms with Gasteiger partial charge in [-0.05, 0) is 63.2 Å². The number of piperidine rings is 2. The molecule has 260 valence electrons. The number of ketones is 1. The Kier molecular flexibility index (Phi) is 9.74. The summed E-state index contributed by atoms with van der Waals surface area (Å²) in [5.41, 5.74) is -2.52. The highest BCUT2D eigenvalue weighted by atomic mass is 32.2. The van der Waals surface area contributed by atoms with E-state index in [0.29, 0.717) is 25.8 Å². The number of urea groups is 1. The second-order valence-corrected chi connectivity index (χ2v) is 18.4. The molecule has 5 atom stereocenters. The number of hydrogen-bond acceptors (Lipinski definition) is 7. The van der Waals surface area contributed by atoms with Crippen LogP contribution in [0.1, 0.15) is 86.5 Å².